The van der Waals surface area contributed by atoms with Gasteiger partial charge in [0.15, 0.2) is 0 Å². The molecule has 252 valence electrons. The summed E-state index contributed by atoms with van der Waals surface area (Å²) in [6, 6.07) is 30.7. The number of hydrogen-bond donors (Lipinski definition) is 5. The van der Waals surface area contributed by atoms with E-state index in [0.717, 1.165) is 22.5 Å². The Morgan fingerprint density at radius 2 is 1.33 bits per heavy atom. The number of carboxylic acid groups (broad SMARTS) is 2. The standard InChI is InChI=1S/C33H34N4O4.C2HF3O2/c38-31(15-9-21-35-30-14-7-8-20-34-30)36-29(22-24-10-3-1-4-11-24)33(41)37-28(23-32(39)40)27-18-16-26(17-19-27)25-12-5-2-6-13-25;3-2(4,5)1(6)7/h1-8,10-14,16-20,28-29H,9,15,21-23H2,(H,34,35)(H,36,38)(H,37,41)(H,39,40);(H,6,7)/t28?,29-;/m1./s1. The molecule has 0 saturated carbocycles. The fourth-order valence-corrected chi connectivity index (χ4v) is 4.50. The van der Waals surface area contributed by atoms with Crippen LogP contribution in [0.5, 0.6) is 0 Å². The smallest absolute Gasteiger partial charge is 0.481 e. The number of nitrogens with one attached hydrogen (secondary N) is 3. The fourth-order valence-electron chi connectivity index (χ4n) is 4.50. The van der Waals surface area contributed by atoms with Crippen molar-refractivity contribution >= 4 is 29.6 Å². The van der Waals surface area contributed by atoms with Crippen LogP contribution in [-0.2, 0) is 25.6 Å². The maximum Gasteiger partial charge on any atom is 0.490 e. The molecule has 0 bridgehead atoms. The van der Waals surface area contributed by atoms with E-state index in [1.165, 1.54) is 0 Å². The summed E-state index contributed by atoms with van der Waals surface area (Å²) in [7, 11) is 0. The average molecular weight is 665 g/mol. The number of carbonyl (C=O) groups is 4. The highest BCUT2D eigenvalue weighted by molar-refractivity contribution is 5.88. The van der Waals surface area contributed by atoms with Crippen LogP contribution in [0.15, 0.2) is 109 Å². The van der Waals surface area contributed by atoms with Gasteiger partial charge in [-0.3, -0.25) is 14.4 Å². The zero-order valence-corrected chi connectivity index (χ0v) is 25.7. The number of aromatic nitrogens is 1. The lowest BCUT2D eigenvalue weighted by Gasteiger charge is -2.23. The number of anilines is 1. The lowest BCUT2D eigenvalue weighted by molar-refractivity contribution is -0.192. The maximum atomic E-state index is 13.5. The first-order valence-electron chi connectivity index (χ1n) is 14.9. The van der Waals surface area contributed by atoms with Crippen LogP contribution in [0.2, 0.25) is 0 Å². The number of benzene rings is 3. The molecule has 0 saturated heterocycles. The first-order valence-corrected chi connectivity index (χ1v) is 14.9. The summed E-state index contributed by atoms with van der Waals surface area (Å²) in [5.74, 6) is -3.76. The molecule has 3 aromatic carbocycles. The number of pyridine rings is 1. The van der Waals surface area contributed by atoms with E-state index < -0.39 is 36.1 Å². The van der Waals surface area contributed by atoms with Crippen LogP contribution in [-0.4, -0.2) is 57.7 Å². The van der Waals surface area contributed by atoms with Crippen molar-refractivity contribution in [3.8, 4) is 11.1 Å². The molecule has 0 aliphatic rings. The normalized spacial score (nSPS) is 12.0. The van der Waals surface area contributed by atoms with Gasteiger partial charge in [-0.05, 0) is 40.8 Å². The molecule has 1 unspecified atom stereocenters. The minimum Gasteiger partial charge on any atom is -0.481 e. The van der Waals surface area contributed by atoms with Crippen LogP contribution in [0, 0.1) is 0 Å². The molecule has 0 fully saturated rings. The summed E-state index contributed by atoms with van der Waals surface area (Å²) >= 11 is 0. The van der Waals surface area contributed by atoms with Crippen LogP contribution in [0.4, 0.5) is 19.0 Å². The van der Waals surface area contributed by atoms with E-state index in [4.69, 9.17) is 9.90 Å². The lowest BCUT2D eigenvalue weighted by atomic mass is 9.98. The van der Waals surface area contributed by atoms with Crippen molar-refractivity contribution in [1.29, 1.82) is 0 Å². The van der Waals surface area contributed by atoms with Gasteiger partial charge in [-0.2, -0.15) is 13.2 Å². The second-order valence-corrected chi connectivity index (χ2v) is 10.5. The predicted molar refractivity (Wildman–Crippen MR) is 173 cm³/mol. The van der Waals surface area contributed by atoms with Crippen molar-refractivity contribution in [3.05, 3.63) is 120 Å². The number of halogens is 3. The second-order valence-electron chi connectivity index (χ2n) is 10.5. The monoisotopic (exact) mass is 664 g/mol. The summed E-state index contributed by atoms with van der Waals surface area (Å²) in [5.41, 5.74) is 3.58. The van der Waals surface area contributed by atoms with E-state index in [1.807, 2.05) is 103 Å². The Labute approximate surface area is 275 Å². The molecule has 5 N–H and O–H groups in total. The molecule has 4 aromatic rings. The molecule has 1 heterocycles. The van der Waals surface area contributed by atoms with Gasteiger partial charge in [0.1, 0.15) is 11.9 Å². The average Bonchev–Trinajstić information content (AvgIpc) is 3.07. The molecule has 2 amide bonds. The summed E-state index contributed by atoms with van der Waals surface area (Å²) < 4.78 is 31.7. The molecular formula is C35H35F3N4O6. The van der Waals surface area contributed by atoms with E-state index in [0.29, 0.717) is 18.5 Å². The highest BCUT2D eigenvalue weighted by Gasteiger charge is 2.38. The van der Waals surface area contributed by atoms with Crippen LogP contribution in [0.25, 0.3) is 11.1 Å². The van der Waals surface area contributed by atoms with Crippen LogP contribution in [0.1, 0.15) is 36.4 Å². The lowest BCUT2D eigenvalue weighted by Crippen LogP contribution is -2.49. The van der Waals surface area contributed by atoms with Gasteiger partial charge in [0, 0.05) is 25.6 Å². The van der Waals surface area contributed by atoms with Gasteiger partial charge in [-0.1, -0.05) is 91.0 Å². The molecule has 2 atom stereocenters. The molecule has 0 spiro atoms. The zero-order valence-electron chi connectivity index (χ0n) is 25.7. The van der Waals surface area contributed by atoms with Crippen molar-refractivity contribution in [2.75, 3.05) is 11.9 Å². The Hall–Kier alpha value is -5.72. The Balaban J connectivity index is 0.000000804. The first-order chi connectivity index (χ1) is 22.9. The quantitative estimate of drug-likeness (QED) is 0.109. The Morgan fingerprint density at radius 3 is 1.90 bits per heavy atom. The van der Waals surface area contributed by atoms with Crippen molar-refractivity contribution < 1.29 is 42.6 Å². The van der Waals surface area contributed by atoms with Gasteiger partial charge in [-0.15, -0.1) is 0 Å². The summed E-state index contributed by atoms with van der Waals surface area (Å²) in [6.45, 7) is 0.555. The third-order valence-corrected chi connectivity index (χ3v) is 6.84. The van der Waals surface area contributed by atoms with Crippen molar-refractivity contribution in [2.45, 2.75) is 43.9 Å². The summed E-state index contributed by atoms with van der Waals surface area (Å²) in [6.07, 6.45) is -2.63. The van der Waals surface area contributed by atoms with E-state index in [-0.39, 0.29) is 25.2 Å². The summed E-state index contributed by atoms with van der Waals surface area (Å²) in [4.78, 5) is 51.2. The second kappa shape index (κ2) is 18.4. The topological polar surface area (TPSA) is 158 Å². The minimum absolute atomic E-state index is 0.220. The SMILES string of the molecule is O=C(O)C(F)(F)F.O=C(O)CC(NC(=O)[C@@H](Cc1ccccc1)NC(=O)CCCNc1ccccn1)c1ccc(-c2ccccc2)cc1. The molecular weight excluding hydrogens is 629 g/mol. The van der Waals surface area contributed by atoms with Gasteiger partial charge in [0.25, 0.3) is 0 Å². The number of hydrogen-bond acceptors (Lipinski definition) is 6. The molecule has 4 rings (SSSR count). The van der Waals surface area contributed by atoms with Gasteiger partial charge >= 0.3 is 18.1 Å². The molecule has 10 nitrogen and oxygen atoms in total. The Kier molecular flexibility index (Phi) is 14.1. The number of alkyl halides is 3. The van der Waals surface area contributed by atoms with Gasteiger partial charge in [0.05, 0.1) is 12.5 Å². The minimum atomic E-state index is -5.08. The number of aliphatic carboxylic acids is 2. The van der Waals surface area contributed by atoms with Gasteiger partial charge < -0.3 is 26.2 Å². The van der Waals surface area contributed by atoms with Crippen LogP contribution in [0.3, 0.4) is 0 Å². The van der Waals surface area contributed by atoms with E-state index in [2.05, 4.69) is 20.9 Å². The fraction of sp³-hybridized carbons (Fsp3) is 0.229. The number of nitrogens with zero attached hydrogens (tertiary/aromatic N) is 1. The van der Waals surface area contributed by atoms with Crippen molar-refractivity contribution in [1.82, 2.24) is 15.6 Å². The van der Waals surface area contributed by atoms with E-state index in [1.54, 1.807) is 6.20 Å². The van der Waals surface area contributed by atoms with Crippen molar-refractivity contribution in [2.24, 2.45) is 0 Å². The predicted octanol–water partition coefficient (Wildman–Crippen LogP) is 5.63. The molecule has 1 aromatic heterocycles. The largest absolute Gasteiger partial charge is 0.490 e. The first kappa shape index (κ1) is 36.7. The van der Waals surface area contributed by atoms with Crippen molar-refractivity contribution in [3.63, 3.8) is 0 Å². The number of carbonyl (C=O) groups excluding carboxylic acids is 2. The maximum absolute atomic E-state index is 13.5. The van der Waals surface area contributed by atoms with E-state index in [9.17, 15) is 32.7 Å². The highest BCUT2D eigenvalue weighted by atomic mass is 19.4. The molecule has 13 heteroatoms. The van der Waals surface area contributed by atoms with Crippen LogP contribution < -0.4 is 16.0 Å². The third kappa shape index (κ3) is 12.9. The van der Waals surface area contributed by atoms with Gasteiger partial charge in [0.2, 0.25) is 11.8 Å². The third-order valence-electron chi connectivity index (χ3n) is 6.84. The molecule has 0 aliphatic heterocycles. The Morgan fingerprint density at radius 1 is 0.750 bits per heavy atom. The zero-order chi connectivity index (χ0) is 34.9. The molecule has 0 radical (unpaired) electrons. The number of amides is 2. The van der Waals surface area contributed by atoms with Gasteiger partial charge in [-0.25, -0.2) is 9.78 Å². The number of carboxylic acids is 2. The molecule has 0 aliphatic carbocycles. The number of rotatable bonds is 14. The van der Waals surface area contributed by atoms with Crippen LogP contribution >= 0.6 is 0 Å². The highest BCUT2D eigenvalue weighted by Crippen LogP contribution is 2.24. The van der Waals surface area contributed by atoms with E-state index >= 15 is 0 Å². The Bertz CT molecular complexity index is 1610. The molecule has 48 heavy (non-hydrogen) atoms. The summed E-state index contributed by atoms with van der Waals surface area (Å²) in [5, 5.41) is 25.6.